The van der Waals surface area contributed by atoms with Crippen LogP contribution in [-0.2, 0) is 0 Å². The van der Waals surface area contributed by atoms with Gasteiger partial charge >= 0.3 is 0 Å². The van der Waals surface area contributed by atoms with Gasteiger partial charge in [0, 0.05) is 45.6 Å². The zero-order chi connectivity index (χ0) is 38.4. The van der Waals surface area contributed by atoms with E-state index in [9.17, 15) is 0 Å². The molecule has 0 bridgehead atoms. The summed E-state index contributed by atoms with van der Waals surface area (Å²) >= 11 is 0. The van der Waals surface area contributed by atoms with E-state index in [1.807, 2.05) is 0 Å². The third-order valence-corrected chi connectivity index (χ3v) is 12.8. The van der Waals surface area contributed by atoms with Gasteiger partial charge < -0.3 is 14.7 Å². The summed E-state index contributed by atoms with van der Waals surface area (Å²) in [5, 5.41) is 0. The van der Waals surface area contributed by atoms with Crippen LogP contribution in [0.2, 0.25) is 11.6 Å². The van der Waals surface area contributed by atoms with E-state index < -0.39 is 0 Å². The summed E-state index contributed by atoms with van der Waals surface area (Å²) < 4.78 is 0. The Balaban J connectivity index is 1.11. The normalized spacial score (nSPS) is 21.3. The van der Waals surface area contributed by atoms with Crippen molar-refractivity contribution in [3.8, 4) is 11.1 Å². The largest absolute Gasteiger partial charge is 0.339 e. The van der Waals surface area contributed by atoms with Crippen molar-refractivity contribution in [2.75, 3.05) is 14.7 Å². The smallest absolute Gasteiger partial charge is 0.200 e. The van der Waals surface area contributed by atoms with Crippen LogP contribution in [0.3, 0.4) is 0 Å². The van der Waals surface area contributed by atoms with Crippen molar-refractivity contribution in [1.29, 1.82) is 0 Å². The van der Waals surface area contributed by atoms with Gasteiger partial charge in [0.25, 0.3) is 0 Å². The molecule has 6 aromatic rings. The van der Waals surface area contributed by atoms with Crippen molar-refractivity contribution in [2.45, 2.75) is 36.6 Å². The van der Waals surface area contributed by atoms with Crippen LogP contribution >= 0.6 is 0 Å². The predicted molar refractivity (Wildman–Crippen MR) is 246 cm³/mol. The number of para-hydroxylation sites is 3. The Labute approximate surface area is 342 Å². The van der Waals surface area contributed by atoms with Crippen LogP contribution in [-0.4, -0.2) is 18.8 Å². The molecule has 4 unspecified atom stereocenters. The van der Waals surface area contributed by atoms with Gasteiger partial charge in [0.2, 0.25) is 0 Å². The fourth-order valence-electron chi connectivity index (χ4n) is 10.3. The molecule has 5 aliphatic rings. The quantitative estimate of drug-likeness (QED) is 0.151. The second-order valence-corrected chi connectivity index (χ2v) is 16.0. The van der Waals surface area contributed by atoms with Gasteiger partial charge in [-0.15, -0.1) is 0 Å². The summed E-state index contributed by atoms with van der Waals surface area (Å²) in [7, 11) is 0. The Hall–Kier alpha value is -6.78. The second-order valence-electron chi connectivity index (χ2n) is 16.0. The van der Waals surface area contributed by atoms with E-state index in [1.165, 1.54) is 56.2 Å². The van der Waals surface area contributed by atoms with Crippen LogP contribution in [0.1, 0.15) is 18.4 Å². The molecule has 0 N–H and O–H groups in total. The molecule has 3 aliphatic carbocycles. The maximum Gasteiger partial charge on any atom is 0.200 e. The number of nitrogens with zero attached hydrogens (tertiary/aromatic N) is 3. The lowest BCUT2D eigenvalue weighted by Gasteiger charge is -2.57. The van der Waals surface area contributed by atoms with Crippen LogP contribution in [0.25, 0.3) is 16.7 Å². The number of anilines is 5. The zero-order valence-corrected chi connectivity index (χ0v) is 32.4. The van der Waals surface area contributed by atoms with E-state index in [4.69, 9.17) is 0 Å². The van der Waals surface area contributed by atoms with Gasteiger partial charge in [-0.3, -0.25) is 0 Å². The molecule has 58 heavy (non-hydrogen) atoms. The van der Waals surface area contributed by atoms with Crippen LogP contribution in [0, 0.1) is 0 Å². The molecule has 2 aliphatic heterocycles. The van der Waals surface area contributed by atoms with E-state index in [0.29, 0.717) is 0 Å². The molecule has 0 radical (unpaired) electrons. The molecule has 278 valence electrons. The van der Waals surface area contributed by atoms with E-state index in [2.05, 4.69) is 233 Å². The molecule has 4 heteroatoms. The first-order valence-corrected chi connectivity index (χ1v) is 20.8. The summed E-state index contributed by atoms with van der Waals surface area (Å²) in [5.41, 5.74) is 15.3. The minimum atomic E-state index is 0.0867. The molecule has 6 aromatic carbocycles. The predicted octanol–water partition coefficient (Wildman–Crippen LogP) is 12.7. The van der Waals surface area contributed by atoms with Gasteiger partial charge in [0.05, 0.1) is 12.1 Å². The summed E-state index contributed by atoms with van der Waals surface area (Å²) in [4.78, 5) is 7.74. The Morgan fingerprint density at radius 3 is 1.97 bits per heavy atom. The van der Waals surface area contributed by atoms with Crippen molar-refractivity contribution in [3.05, 3.63) is 235 Å². The maximum absolute atomic E-state index is 2.67. The van der Waals surface area contributed by atoms with Gasteiger partial charge in [-0.1, -0.05) is 151 Å². The molecule has 11 rings (SSSR count). The SMILES string of the molecule is C1=CCCC(c2ccc3c(c2)N(c2cccc(-c4ccccc4)c2)C2C=CC=C4C2B3C2C=CC(N(c3ccccc3)c3ccccc3)=CC2N4c2ccccc2)=C1. The molecule has 0 saturated carbocycles. The Morgan fingerprint density at radius 1 is 0.552 bits per heavy atom. The van der Waals surface area contributed by atoms with Gasteiger partial charge in [-0.2, -0.15) is 0 Å². The molecular weight excluding hydrogens is 701 g/mol. The highest BCUT2D eigenvalue weighted by molar-refractivity contribution is 6.80. The topological polar surface area (TPSA) is 9.72 Å². The van der Waals surface area contributed by atoms with E-state index >= 15 is 0 Å². The highest BCUT2D eigenvalue weighted by atomic mass is 15.2. The van der Waals surface area contributed by atoms with E-state index in [-0.39, 0.29) is 30.4 Å². The lowest BCUT2D eigenvalue weighted by molar-refractivity contribution is 0.614. The standard InChI is InChI=1S/C54H44BN3/c1-6-18-39(19-7-1)41-22-16-29-46(36-41)58-51-31-17-30-50-54(51)55(48-34-32-42(37-52(48)58)40-20-8-2-9-21-40)49-35-33-47(38-53(49)57(50)45-27-14-5-15-28-45)56(43-23-10-3-11-24-43)44-25-12-4-13-26-44/h1-8,10-20,22-38,49,51,53-54H,9,21H2. The van der Waals surface area contributed by atoms with Crippen LogP contribution in [0.5, 0.6) is 0 Å². The fraction of sp³-hybridized carbons (Fsp3) is 0.111. The first kappa shape index (κ1) is 34.5. The Bertz CT molecular complexity index is 2620. The third kappa shape index (κ3) is 5.91. The van der Waals surface area contributed by atoms with Gasteiger partial charge in [-0.25, -0.2) is 0 Å². The molecule has 3 nitrogen and oxygen atoms in total. The number of allylic oxidation sites excluding steroid dienone is 7. The second kappa shape index (κ2) is 14.6. The van der Waals surface area contributed by atoms with Gasteiger partial charge in [-0.05, 0) is 114 Å². The highest BCUT2D eigenvalue weighted by Gasteiger charge is 2.56. The summed E-state index contributed by atoms with van der Waals surface area (Å²) in [6.07, 6.45) is 23.7. The van der Waals surface area contributed by atoms with Crippen LogP contribution in [0.4, 0.5) is 28.4 Å². The van der Waals surface area contributed by atoms with E-state index in [1.54, 1.807) is 0 Å². The van der Waals surface area contributed by atoms with Crippen molar-refractivity contribution in [2.24, 2.45) is 0 Å². The lowest BCUT2D eigenvalue weighted by Crippen LogP contribution is -2.64. The Morgan fingerprint density at radius 2 is 1.24 bits per heavy atom. The third-order valence-electron chi connectivity index (χ3n) is 12.8. The summed E-state index contributed by atoms with van der Waals surface area (Å²) in [6, 6.07) is 60.3. The average Bonchev–Trinajstić information content (AvgIpc) is 3.30. The fourth-order valence-corrected chi connectivity index (χ4v) is 10.3. The first-order valence-electron chi connectivity index (χ1n) is 20.8. The minimum Gasteiger partial charge on any atom is -0.339 e. The van der Waals surface area contributed by atoms with Crippen molar-refractivity contribution >= 4 is 46.2 Å². The molecule has 4 atom stereocenters. The maximum atomic E-state index is 2.67. The number of benzene rings is 6. The number of hydrogen-bond donors (Lipinski definition) is 0. The molecule has 0 amide bonds. The van der Waals surface area contributed by atoms with Crippen molar-refractivity contribution in [3.63, 3.8) is 0 Å². The lowest BCUT2D eigenvalue weighted by atomic mass is 9.24. The average molecular weight is 746 g/mol. The zero-order valence-electron chi connectivity index (χ0n) is 32.4. The van der Waals surface area contributed by atoms with E-state index in [0.717, 1.165) is 24.2 Å². The Kier molecular flexibility index (Phi) is 8.69. The molecular formula is C54H44BN3. The first-order chi connectivity index (χ1) is 28.8. The molecule has 0 spiro atoms. The van der Waals surface area contributed by atoms with Crippen LogP contribution in [0.15, 0.2) is 230 Å². The molecule has 1 fully saturated rings. The number of rotatable bonds is 7. The van der Waals surface area contributed by atoms with Gasteiger partial charge in [0.15, 0.2) is 6.71 Å². The minimum absolute atomic E-state index is 0.0867. The van der Waals surface area contributed by atoms with Crippen LogP contribution < -0.4 is 20.2 Å². The van der Waals surface area contributed by atoms with Gasteiger partial charge in [0.1, 0.15) is 0 Å². The summed E-state index contributed by atoms with van der Waals surface area (Å²) in [5.74, 6) is 0.453. The molecule has 0 aromatic heterocycles. The molecule has 1 saturated heterocycles. The monoisotopic (exact) mass is 745 g/mol. The number of fused-ring (bicyclic) bond motifs is 4. The highest BCUT2D eigenvalue weighted by Crippen LogP contribution is 2.55. The molecule has 2 heterocycles. The summed E-state index contributed by atoms with van der Waals surface area (Å²) in [6.45, 7) is 0.264. The van der Waals surface area contributed by atoms with Crippen molar-refractivity contribution in [1.82, 2.24) is 0 Å². The number of hydrogen-bond acceptors (Lipinski definition) is 3. The van der Waals surface area contributed by atoms with Crippen molar-refractivity contribution < 1.29 is 0 Å².